The number of nitrogens with zero attached hydrogens (tertiary/aromatic N) is 4. The number of benzene rings is 1. The van der Waals surface area contributed by atoms with Crippen LogP contribution >= 0.6 is 11.3 Å². The highest BCUT2D eigenvalue weighted by atomic mass is 32.1. The van der Waals surface area contributed by atoms with Gasteiger partial charge in [0.15, 0.2) is 0 Å². The Balaban J connectivity index is 1.58. The molecule has 2 heterocycles. The number of aromatic nitrogens is 4. The number of carbonyl (C=O) groups excluding carboxylic acids is 1. The molecule has 7 heteroatoms. The van der Waals surface area contributed by atoms with Crippen molar-refractivity contribution in [1.29, 1.82) is 0 Å². The van der Waals surface area contributed by atoms with Crippen molar-refractivity contribution in [3.05, 3.63) is 41.2 Å². The lowest BCUT2D eigenvalue weighted by Crippen LogP contribution is -2.12. The summed E-state index contributed by atoms with van der Waals surface area (Å²) in [7, 11) is 0. The van der Waals surface area contributed by atoms with Crippen molar-refractivity contribution in [3.8, 4) is 0 Å². The second-order valence-electron chi connectivity index (χ2n) is 4.47. The molecule has 6 nitrogen and oxygen atoms in total. The first-order valence-electron chi connectivity index (χ1n) is 6.23. The first-order chi connectivity index (χ1) is 9.70. The summed E-state index contributed by atoms with van der Waals surface area (Å²) in [4.78, 5) is 12.6. The Hall–Kier alpha value is -2.28. The monoisotopic (exact) mass is 287 g/mol. The van der Waals surface area contributed by atoms with Gasteiger partial charge in [-0.1, -0.05) is 23.5 Å². The van der Waals surface area contributed by atoms with Crippen LogP contribution in [0.15, 0.2) is 30.6 Å². The van der Waals surface area contributed by atoms with Crippen molar-refractivity contribution in [2.75, 3.05) is 5.32 Å². The van der Waals surface area contributed by atoms with Crippen LogP contribution < -0.4 is 5.32 Å². The van der Waals surface area contributed by atoms with Crippen LogP contribution in [0.2, 0.25) is 0 Å². The fraction of sp³-hybridized carbons (Fsp3) is 0.231. The highest BCUT2D eigenvalue weighted by Gasteiger charge is 2.08. The van der Waals surface area contributed by atoms with Crippen LogP contribution in [0.4, 0.5) is 5.69 Å². The zero-order valence-electron chi connectivity index (χ0n) is 10.9. The highest BCUT2D eigenvalue weighted by molar-refractivity contribution is 7.16. The Morgan fingerprint density at radius 2 is 2.35 bits per heavy atom. The van der Waals surface area contributed by atoms with Gasteiger partial charge in [0.25, 0.3) is 0 Å². The van der Waals surface area contributed by atoms with Gasteiger partial charge in [0, 0.05) is 18.5 Å². The molecule has 0 aliphatic heterocycles. The molecule has 1 amide bonds. The maximum atomic E-state index is 11.9. The molecule has 0 radical (unpaired) electrons. The fourth-order valence-electron chi connectivity index (χ4n) is 1.87. The molecule has 0 bridgehead atoms. The van der Waals surface area contributed by atoms with Gasteiger partial charge < -0.3 is 5.32 Å². The number of aryl methyl sites for hydroxylation is 2. The van der Waals surface area contributed by atoms with E-state index in [4.69, 9.17) is 0 Å². The predicted molar refractivity (Wildman–Crippen MR) is 76.8 cm³/mol. The van der Waals surface area contributed by atoms with Gasteiger partial charge in [0.2, 0.25) is 10.9 Å². The molecule has 0 fully saturated rings. The van der Waals surface area contributed by atoms with Crippen LogP contribution in [-0.4, -0.2) is 25.7 Å². The summed E-state index contributed by atoms with van der Waals surface area (Å²) in [5.41, 5.74) is 1.95. The van der Waals surface area contributed by atoms with E-state index in [1.165, 1.54) is 11.3 Å². The molecule has 0 atom stereocenters. The molecule has 0 aliphatic rings. The summed E-state index contributed by atoms with van der Waals surface area (Å²) in [6, 6.07) is 7.75. The maximum absolute atomic E-state index is 11.9. The molecule has 0 spiro atoms. The second kappa shape index (κ2) is 5.38. The van der Waals surface area contributed by atoms with Crippen molar-refractivity contribution in [3.63, 3.8) is 0 Å². The Kier molecular flexibility index (Phi) is 3.42. The van der Waals surface area contributed by atoms with Crippen LogP contribution in [0.3, 0.4) is 0 Å². The number of rotatable bonds is 4. The average Bonchev–Trinajstić information content (AvgIpc) is 2.97. The third-order valence-corrected chi connectivity index (χ3v) is 3.77. The third kappa shape index (κ3) is 2.83. The topological polar surface area (TPSA) is 72.2 Å². The molecule has 1 N–H and O–H groups in total. The van der Waals surface area contributed by atoms with Crippen LogP contribution in [0.5, 0.6) is 0 Å². The van der Waals surface area contributed by atoms with Gasteiger partial charge in [0.1, 0.15) is 11.3 Å². The number of hydrogen-bond acceptors (Lipinski definition) is 5. The second-order valence-corrected chi connectivity index (χ2v) is 5.51. The van der Waals surface area contributed by atoms with Gasteiger partial charge in [-0.25, -0.2) is 0 Å². The molecule has 0 saturated heterocycles. The Morgan fingerprint density at radius 3 is 3.15 bits per heavy atom. The summed E-state index contributed by atoms with van der Waals surface area (Å²) in [6.45, 7) is 2.00. The van der Waals surface area contributed by atoms with Crippen molar-refractivity contribution < 1.29 is 4.79 Å². The van der Waals surface area contributed by atoms with Gasteiger partial charge in [0.05, 0.1) is 0 Å². The van der Waals surface area contributed by atoms with Gasteiger partial charge >= 0.3 is 0 Å². The SMILES string of the molecule is Cc1cccc(NC(=O)CCc2nn3cnnc3s2)c1. The predicted octanol–water partition coefficient (Wildman–Crippen LogP) is 2.07. The van der Waals surface area contributed by atoms with E-state index in [0.29, 0.717) is 12.8 Å². The minimum Gasteiger partial charge on any atom is -0.326 e. The fourth-order valence-corrected chi connectivity index (χ4v) is 2.68. The number of carbonyl (C=O) groups is 1. The molecule has 3 rings (SSSR count). The number of anilines is 1. The van der Waals surface area contributed by atoms with E-state index in [-0.39, 0.29) is 5.91 Å². The number of fused-ring (bicyclic) bond motifs is 1. The summed E-state index contributed by atoms with van der Waals surface area (Å²) in [5, 5.41) is 15.7. The van der Waals surface area contributed by atoms with E-state index in [1.807, 2.05) is 31.2 Å². The van der Waals surface area contributed by atoms with Crippen molar-refractivity contribution in [2.45, 2.75) is 19.8 Å². The summed E-state index contributed by atoms with van der Waals surface area (Å²) in [6.07, 6.45) is 2.56. The van der Waals surface area contributed by atoms with Crippen molar-refractivity contribution >= 4 is 27.9 Å². The summed E-state index contributed by atoms with van der Waals surface area (Å²) in [5.74, 6) is -0.0124. The first-order valence-corrected chi connectivity index (χ1v) is 7.04. The summed E-state index contributed by atoms with van der Waals surface area (Å²) >= 11 is 1.45. The Bertz CT molecular complexity index is 719. The minimum atomic E-state index is -0.0124. The highest BCUT2D eigenvalue weighted by Crippen LogP contribution is 2.14. The van der Waals surface area contributed by atoms with E-state index >= 15 is 0 Å². The van der Waals surface area contributed by atoms with Crippen molar-refractivity contribution in [1.82, 2.24) is 19.8 Å². The lowest BCUT2D eigenvalue weighted by atomic mass is 10.2. The van der Waals surface area contributed by atoms with E-state index in [1.54, 1.807) is 10.8 Å². The molecule has 0 unspecified atom stereocenters. The summed E-state index contributed by atoms with van der Waals surface area (Å²) < 4.78 is 1.62. The van der Waals surface area contributed by atoms with E-state index in [9.17, 15) is 4.79 Å². The Labute approximate surface area is 119 Å². The van der Waals surface area contributed by atoms with Crippen LogP contribution in [0.25, 0.3) is 4.96 Å². The maximum Gasteiger partial charge on any atom is 0.234 e. The van der Waals surface area contributed by atoms with Gasteiger partial charge in [-0.15, -0.1) is 10.2 Å². The normalized spacial score (nSPS) is 10.8. The quantitative estimate of drug-likeness (QED) is 0.797. The molecule has 102 valence electrons. The van der Waals surface area contributed by atoms with Crippen molar-refractivity contribution in [2.24, 2.45) is 0 Å². The van der Waals surface area contributed by atoms with Crippen LogP contribution in [-0.2, 0) is 11.2 Å². The average molecular weight is 287 g/mol. The van der Waals surface area contributed by atoms with Crippen LogP contribution in [0, 0.1) is 6.92 Å². The lowest BCUT2D eigenvalue weighted by Gasteiger charge is -2.04. The zero-order valence-corrected chi connectivity index (χ0v) is 11.7. The van der Waals surface area contributed by atoms with Gasteiger partial charge in [-0.2, -0.15) is 9.61 Å². The first kappa shape index (κ1) is 12.7. The lowest BCUT2D eigenvalue weighted by molar-refractivity contribution is -0.116. The molecular formula is C13H13N5OS. The number of hydrogen-bond donors (Lipinski definition) is 1. The number of amides is 1. The molecule has 1 aromatic carbocycles. The van der Waals surface area contributed by atoms with E-state index in [2.05, 4.69) is 20.6 Å². The smallest absolute Gasteiger partial charge is 0.234 e. The Morgan fingerprint density at radius 1 is 1.45 bits per heavy atom. The molecule has 2 aromatic heterocycles. The molecule has 0 saturated carbocycles. The number of nitrogens with one attached hydrogen (secondary N) is 1. The molecule has 20 heavy (non-hydrogen) atoms. The molecular weight excluding hydrogens is 274 g/mol. The van der Waals surface area contributed by atoms with Crippen LogP contribution in [0.1, 0.15) is 17.0 Å². The minimum absolute atomic E-state index is 0.0124. The van der Waals surface area contributed by atoms with E-state index < -0.39 is 0 Å². The third-order valence-electron chi connectivity index (χ3n) is 2.80. The van der Waals surface area contributed by atoms with E-state index in [0.717, 1.165) is 21.2 Å². The van der Waals surface area contributed by atoms with Gasteiger partial charge in [-0.05, 0) is 24.6 Å². The van der Waals surface area contributed by atoms with Gasteiger partial charge in [-0.3, -0.25) is 4.79 Å². The molecule has 3 aromatic rings. The standard InChI is InChI=1S/C13H13N5OS/c1-9-3-2-4-10(7-9)15-11(19)5-6-12-17-18-8-14-16-13(18)20-12/h2-4,7-8H,5-6H2,1H3,(H,15,19). The largest absolute Gasteiger partial charge is 0.326 e. The zero-order chi connectivity index (χ0) is 13.9. The molecule has 0 aliphatic carbocycles.